The molecule has 97 valence electrons. The van der Waals surface area contributed by atoms with E-state index in [0.29, 0.717) is 6.67 Å². The highest BCUT2D eigenvalue weighted by Crippen LogP contribution is 2.34. The highest BCUT2D eigenvalue weighted by atomic mass is 16.5. The minimum Gasteiger partial charge on any atom is -0.575 e. The third kappa shape index (κ3) is 2.35. The monoisotopic (exact) mass is 248 g/mol. The van der Waals surface area contributed by atoms with Gasteiger partial charge in [0.05, 0.1) is 13.2 Å². The predicted octanol–water partition coefficient (Wildman–Crippen LogP) is 1.07. The molecule has 1 aromatic rings. The summed E-state index contributed by atoms with van der Waals surface area (Å²) in [4.78, 5) is 4.54. The van der Waals surface area contributed by atoms with E-state index in [0.717, 1.165) is 55.8 Å². The van der Waals surface area contributed by atoms with Gasteiger partial charge in [-0.2, -0.15) is 0 Å². The number of hydrogen-bond donors (Lipinski definition) is 0. The molecule has 5 heteroatoms. The molecule has 5 nitrogen and oxygen atoms in total. The second-order valence-corrected chi connectivity index (χ2v) is 4.73. The van der Waals surface area contributed by atoms with Gasteiger partial charge >= 0.3 is 0 Å². The van der Waals surface area contributed by atoms with Crippen LogP contribution in [0.2, 0.25) is 0 Å². The number of hydrogen-bond acceptors (Lipinski definition) is 5. The first-order chi connectivity index (χ1) is 8.84. The average Bonchev–Trinajstić information content (AvgIpc) is 2.75. The number of hydroxylamine groups is 1. The van der Waals surface area contributed by atoms with Crippen molar-refractivity contribution in [3.63, 3.8) is 0 Å². The minimum absolute atomic E-state index is 0.448. The maximum absolute atomic E-state index is 11.8. The van der Waals surface area contributed by atoms with Gasteiger partial charge in [0.1, 0.15) is 5.69 Å². The molecule has 2 aliphatic rings. The highest BCUT2D eigenvalue weighted by molar-refractivity contribution is 5.71. The SMILES string of the molecule is [O-][N+]1CN(CCN2CCOCC2)c2ccccc21. The first kappa shape index (κ1) is 11.9. The first-order valence-corrected chi connectivity index (χ1v) is 6.43. The lowest BCUT2D eigenvalue weighted by Gasteiger charge is -2.28. The van der Waals surface area contributed by atoms with E-state index in [1.165, 1.54) is 0 Å². The fourth-order valence-corrected chi connectivity index (χ4v) is 2.53. The number of nitrogens with zero attached hydrogens (tertiary/aromatic N) is 3. The maximum Gasteiger partial charge on any atom is 0.207 e. The van der Waals surface area contributed by atoms with Gasteiger partial charge in [0.2, 0.25) is 12.4 Å². The van der Waals surface area contributed by atoms with Crippen LogP contribution in [0.4, 0.5) is 11.4 Å². The molecule has 3 rings (SSSR count). The van der Waals surface area contributed by atoms with Crippen LogP contribution in [0.15, 0.2) is 24.3 Å². The van der Waals surface area contributed by atoms with Crippen LogP contribution in [0.25, 0.3) is 0 Å². The van der Waals surface area contributed by atoms with Crippen molar-refractivity contribution in [3.8, 4) is 0 Å². The van der Waals surface area contributed by atoms with Crippen molar-refractivity contribution in [3.05, 3.63) is 29.5 Å². The molecule has 1 saturated heterocycles. The summed E-state index contributed by atoms with van der Waals surface area (Å²) in [7, 11) is 0. The number of benzene rings is 1. The predicted molar refractivity (Wildman–Crippen MR) is 71.1 cm³/mol. The zero-order valence-electron chi connectivity index (χ0n) is 10.4. The molecule has 0 bridgehead atoms. The Morgan fingerprint density at radius 3 is 2.78 bits per heavy atom. The van der Waals surface area contributed by atoms with Crippen molar-refractivity contribution in [1.82, 2.24) is 9.96 Å². The van der Waals surface area contributed by atoms with Crippen molar-refractivity contribution >= 4 is 11.4 Å². The maximum atomic E-state index is 11.8. The zero-order valence-corrected chi connectivity index (χ0v) is 10.4. The summed E-state index contributed by atoms with van der Waals surface area (Å²) in [5.74, 6) is 0. The van der Waals surface area contributed by atoms with Gasteiger partial charge in [0.15, 0.2) is 0 Å². The van der Waals surface area contributed by atoms with Gasteiger partial charge in [-0.05, 0) is 6.07 Å². The van der Waals surface area contributed by atoms with E-state index in [9.17, 15) is 5.21 Å². The molecule has 0 aliphatic carbocycles. The summed E-state index contributed by atoms with van der Waals surface area (Å²) in [5.41, 5.74) is 1.85. The van der Waals surface area contributed by atoms with Crippen LogP contribution in [0.3, 0.4) is 0 Å². The molecule has 1 radical (unpaired) electrons. The Hall–Kier alpha value is -1.14. The molecule has 1 fully saturated rings. The van der Waals surface area contributed by atoms with Crippen LogP contribution in [0.5, 0.6) is 0 Å². The summed E-state index contributed by atoms with van der Waals surface area (Å²) in [6, 6.07) is 7.80. The fraction of sp³-hybridized carbons (Fsp3) is 0.538. The van der Waals surface area contributed by atoms with Crippen LogP contribution < -0.4 is 9.96 Å². The second-order valence-electron chi connectivity index (χ2n) is 4.73. The van der Waals surface area contributed by atoms with Gasteiger partial charge < -0.3 is 14.8 Å². The Kier molecular flexibility index (Phi) is 3.47. The van der Waals surface area contributed by atoms with E-state index < -0.39 is 0 Å². The van der Waals surface area contributed by atoms with Crippen molar-refractivity contribution < 1.29 is 4.74 Å². The van der Waals surface area contributed by atoms with E-state index >= 15 is 0 Å². The van der Waals surface area contributed by atoms with Crippen molar-refractivity contribution in [2.24, 2.45) is 0 Å². The smallest absolute Gasteiger partial charge is 0.207 e. The van der Waals surface area contributed by atoms with Gasteiger partial charge in [-0.3, -0.25) is 4.90 Å². The molecule has 0 N–H and O–H groups in total. The van der Waals surface area contributed by atoms with E-state index in [4.69, 9.17) is 4.74 Å². The van der Waals surface area contributed by atoms with Crippen molar-refractivity contribution in [1.29, 1.82) is 0 Å². The van der Waals surface area contributed by atoms with Crippen LogP contribution in [-0.2, 0) is 4.74 Å². The standard InChI is InChI=1S/C13H18N3O2/c17-16-11-15(12-3-1-2-4-13(12)16)6-5-14-7-9-18-10-8-14/h1-4H,5-11H2. The van der Waals surface area contributed by atoms with Crippen molar-refractivity contribution in [2.75, 3.05) is 51.0 Å². The van der Waals surface area contributed by atoms with Crippen LogP contribution in [0.1, 0.15) is 0 Å². The van der Waals surface area contributed by atoms with Gasteiger partial charge in [-0.1, -0.05) is 12.1 Å². The van der Waals surface area contributed by atoms with E-state index in [2.05, 4.69) is 9.80 Å². The number of ether oxygens (including phenoxy) is 1. The molecule has 2 heterocycles. The molecular formula is C13H18N3O2. The fourth-order valence-electron chi connectivity index (χ4n) is 2.53. The minimum atomic E-state index is 0.448. The largest absolute Gasteiger partial charge is 0.575 e. The Bertz CT molecular complexity index is 407. The molecule has 0 spiro atoms. The highest BCUT2D eigenvalue weighted by Gasteiger charge is 2.29. The zero-order chi connectivity index (χ0) is 12.4. The molecule has 2 aliphatic heterocycles. The second kappa shape index (κ2) is 5.24. The number of fused-ring (bicyclic) bond motifs is 1. The summed E-state index contributed by atoms with van der Waals surface area (Å²) in [6.45, 7) is 5.98. The number of rotatable bonds is 3. The Labute approximate surface area is 107 Å². The lowest BCUT2D eigenvalue weighted by Crippen LogP contribution is -2.42. The lowest BCUT2D eigenvalue weighted by atomic mass is 10.2. The summed E-state index contributed by atoms with van der Waals surface area (Å²) < 4.78 is 5.33. The molecule has 0 amide bonds. The number of anilines is 2. The van der Waals surface area contributed by atoms with Gasteiger partial charge in [0, 0.05) is 32.2 Å². The molecule has 1 aromatic carbocycles. The topological polar surface area (TPSA) is 44.7 Å². The van der Waals surface area contributed by atoms with E-state index in [1.54, 1.807) is 0 Å². The Morgan fingerprint density at radius 2 is 1.94 bits per heavy atom. The molecule has 0 saturated carbocycles. The van der Waals surface area contributed by atoms with Gasteiger partial charge in [0.25, 0.3) is 0 Å². The Morgan fingerprint density at radius 1 is 1.17 bits per heavy atom. The number of para-hydroxylation sites is 2. The van der Waals surface area contributed by atoms with E-state index in [-0.39, 0.29) is 0 Å². The third-order valence-electron chi connectivity index (χ3n) is 3.58. The molecule has 18 heavy (non-hydrogen) atoms. The van der Waals surface area contributed by atoms with Crippen LogP contribution in [0, 0.1) is 5.21 Å². The number of morpholine rings is 1. The quantitative estimate of drug-likeness (QED) is 0.593. The molecular weight excluding hydrogens is 230 g/mol. The first-order valence-electron chi connectivity index (χ1n) is 6.43. The normalized spacial score (nSPS) is 21.3. The third-order valence-corrected chi connectivity index (χ3v) is 3.58. The average molecular weight is 248 g/mol. The van der Waals surface area contributed by atoms with Crippen LogP contribution >= 0.6 is 0 Å². The van der Waals surface area contributed by atoms with Crippen molar-refractivity contribution in [2.45, 2.75) is 0 Å². The molecule has 0 aromatic heterocycles. The molecule has 0 atom stereocenters. The lowest BCUT2D eigenvalue weighted by molar-refractivity contribution is 0.0392. The summed E-state index contributed by atoms with van der Waals surface area (Å²) >= 11 is 0. The van der Waals surface area contributed by atoms with Crippen LogP contribution in [-0.4, -0.2) is 51.0 Å². The molecule has 0 unspecified atom stereocenters. The van der Waals surface area contributed by atoms with Gasteiger partial charge in [-0.25, -0.2) is 0 Å². The summed E-state index contributed by atoms with van der Waals surface area (Å²) in [6.07, 6.45) is 0. The Balaban J connectivity index is 1.61. The van der Waals surface area contributed by atoms with Gasteiger partial charge in [-0.15, -0.1) is 5.06 Å². The summed E-state index contributed by atoms with van der Waals surface area (Å²) in [5, 5.41) is 12.8. The van der Waals surface area contributed by atoms with E-state index in [1.807, 2.05) is 24.3 Å².